The summed E-state index contributed by atoms with van der Waals surface area (Å²) in [5.74, 6) is -1.27. The molecule has 158 valence electrons. The van der Waals surface area contributed by atoms with Gasteiger partial charge in [-0.15, -0.1) is 0 Å². The van der Waals surface area contributed by atoms with Gasteiger partial charge in [-0.1, -0.05) is 30.3 Å². The first kappa shape index (κ1) is 20.7. The fourth-order valence-corrected chi connectivity index (χ4v) is 3.49. The van der Waals surface area contributed by atoms with E-state index in [4.69, 9.17) is 9.52 Å². The van der Waals surface area contributed by atoms with Gasteiger partial charge in [0, 0.05) is 28.4 Å². The zero-order valence-electron chi connectivity index (χ0n) is 17.2. The minimum atomic E-state index is -1.13. The molecule has 7 nitrogen and oxygen atoms in total. The second-order valence-electron chi connectivity index (χ2n) is 7.29. The highest BCUT2D eigenvalue weighted by Gasteiger charge is 2.15. The average Bonchev–Trinajstić information content (AvgIpc) is 3.38. The number of furan rings is 1. The first-order valence-corrected chi connectivity index (χ1v) is 9.84. The van der Waals surface area contributed by atoms with E-state index in [9.17, 15) is 14.9 Å². The van der Waals surface area contributed by atoms with Crippen molar-refractivity contribution in [2.24, 2.45) is 0 Å². The van der Waals surface area contributed by atoms with Gasteiger partial charge < -0.3 is 19.4 Å². The van der Waals surface area contributed by atoms with E-state index < -0.39 is 11.9 Å². The molecule has 2 aromatic heterocycles. The number of fused-ring (bicyclic) bond motifs is 1. The number of rotatable bonds is 6. The highest BCUT2D eigenvalue weighted by atomic mass is 16.4. The highest BCUT2D eigenvalue weighted by Crippen LogP contribution is 2.25. The maximum Gasteiger partial charge on any atom is 0.371 e. The molecule has 0 bridgehead atoms. The maximum atomic E-state index is 12.7. The van der Waals surface area contributed by atoms with Crippen molar-refractivity contribution >= 4 is 34.5 Å². The van der Waals surface area contributed by atoms with Gasteiger partial charge in [-0.3, -0.25) is 4.79 Å². The number of aromatic nitrogens is 1. The molecule has 0 unspecified atom stereocenters. The van der Waals surface area contributed by atoms with E-state index in [-0.39, 0.29) is 11.3 Å². The normalized spacial score (nSPS) is 11.3. The number of para-hydroxylation sites is 1. The molecule has 0 atom stereocenters. The lowest BCUT2D eigenvalue weighted by Crippen LogP contribution is -2.13. The van der Waals surface area contributed by atoms with Crippen molar-refractivity contribution in [1.29, 1.82) is 5.26 Å². The Morgan fingerprint density at radius 2 is 1.97 bits per heavy atom. The van der Waals surface area contributed by atoms with E-state index >= 15 is 0 Å². The third-order valence-electron chi connectivity index (χ3n) is 4.96. The van der Waals surface area contributed by atoms with Crippen molar-refractivity contribution < 1.29 is 19.1 Å². The maximum absolute atomic E-state index is 12.7. The number of carboxylic acid groups (broad SMARTS) is 1. The molecule has 1 amide bonds. The van der Waals surface area contributed by atoms with Crippen LogP contribution in [0.15, 0.2) is 76.9 Å². The van der Waals surface area contributed by atoms with E-state index in [0.717, 1.165) is 16.5 Å². The Morgan fingerprint density at radius 3 is 2.69 bits per heavy atom. The smallest absolute Gasteiger partial charge is 0.371 e. The van der Waals surface area contributed by atoms with Gasteiger partial charge in [0.05, 0.1) is 6.54 Å². The van der Waals surface area contributed by atoms with Crippen molar-refractivity contribution in [3.8, 4) is 6.07 Å². The van der Waals surface area contributed by atoms with Crippen LogP contribution in [0.25, 0.3) is 17.0 Å². The summed E-state index contributed by atoms with van der Waals surface area (Å²) in [5, 5.41) is 22.3. The third kappa shape index (κ3) is 4.30. The van der Waals surface area contributed by atoms with Crippen LogP contribution in [0.5, 0.6) is 0 Å². The van der Waals surface area contributed by atoms with Gasteiger partial charge in [0.1, 0.15) is 17.4 Å². The fraction of sp³-hybridized carbons (Fsp3) is 0.0800. The Kier molecular flexibility index (Phi) is 5.60. The third-order valence-corrected chi connectivity index (χ3v) is 4.96. The van der Waals surface area contributed by atoms with Gasteiger partial charge in [-0.2, -0.15) is 5.26 Å². The summed E-state index contributed by atoms with van der Waals surface area (Å²) in [6.07, 6.45) is 3.36. The summed E-state index contributed by atoms with van der Waals surface area (Å²) in [4.78, 5) is 23.8. The van der Waals surface area contributed by atoms with Gasteiger partial charge in [0.25, 0.3) is 5.91 Å². The summed E-state index contributed by atoms with van der Waals surface area (Å²) in [7, 11) is 0. The first-order chi connectivity index (χ1) is 15.4. The number of carbonyl (C=O) groups is 2. The van der Waals surface area contributed by atoms with Crippen LogP contribution in [0.3, 0.4) is 0 Å². The Balaban J connectivity index is 1.67. The summed E-state index contributed by atoms with van der Waals surface area (Å²) >= 11 is 0. The zero-order valence-corrected chi connectivity index (χ0v) is 17.2. The van der Waals surface area contributed by atoms with Crippen molar-refractivity contribution in [1.82, 2.24) is 4.57 Å². The van der Waals surface area contributed by atoms with Crippen molar-refractivity contribution in [3.63, 3.8) is 0 Å². The highest BCUT2D eigenvalue weighted by molar-refractivity contribution is 6.10. The molecular formula is C25H19N3O4. The second kappa shape index (κ2) is 8.66. The minimum absolute atomic E-state index is 0.0272. The van der Waals surface area contributed by atoms with E-state index in [2.05, 4.69) is 5.32 Å². The van der Waals surface area contributed by atoms with Crippen LogP contribution in [0.1, 0.15) is 27.4 Å². The number of nitrogens with one attached hydrogen (secondary N) is 1. The molecule has 4 rings (SSSR count). The molecule has 0 fully saturated rings. The summed E-state index contributed by atoms with van der Waals surface area (Å²) in [5.41, 5.74) is 3.15. The van der Waals surface area contributed by atoms with Crippen LogP contribution >= 0.6 is 0 Å². The molecule has 2 N–H and O–H groups in total. The van der Waals surface area contributed by atoms with Crippen LogP contribution in [0.2, 0.25) is 0 Å². The lowest BCUT2D eigenvalue weighted by Gasteiger charge is -2.05. The van der Waals surface area contributed by atoms with Crippen LogP contribution in [-0.4, -0.2) is 21.6 Å². The van der Waals surface area contributed by atoms with E-state index in [1.54, 1.807) is 18.2 Å². The lowest BCUT2D eigenvalue weighted by molar-refractivity contribution is -0.112. The predicted molar refractivity (Wildman–Crippen MR) is 120 cm³/mol. The Bertz CT molecular complexity index is 1400. The second-order valence-corrected chi connectivity index (χ2v) is 7.29. The zero-order chi connectivity index (χ0) is 22.7. The summed E-state index contributed by atoms with van der Waals surface area (Å²) in [6.45, 7) is 2.23. The summed E-state index contributed by atoms with van der Waals surface area (Å²) < 4.78 is 7.26. The largest absolute Gasteiger partial charge is 0.475 e. The van der Waals surface area contributed by atoms with Crippen molar-refractivity contribution in [2.45, 2.75) is 13.5 Å². The van der Waals surface area contributed by atoms with Crippen LogP contribution in [0.4, 0.5) is 5.69 Å². The topological polar surface area (TPSA) is 108 Å². The minimum Gasteiger partial charge on any atom is -0.475 e. The monoisotopic (exact) mass is 425 g/mol. The van der Waals surface area contributed by atoms with E-state index in [1.807, 2.05) is 66.2 Å². The molecule has 0 spiro atoms. The number of carboxylic acids is 1. The molecule has 0 radical (unpaired) electrons. The number of carbonyl (C=O) groups excluding carboxylic acids is 1. The Morgan fingerprint density at radius 1 is 1.16 bits per heavy atom. The number of aromatic carboxylic acids is 1. The molecule has 0 aliphatic heterocycles. The van der Waals surface area contributed by atoms with Gasteiger partial charge in [-0.25, -0.2) is 4.79 Å². The molecule has 7 heteroatoms. The molecule has 0 saturated heterocycles. The lowest BCUT2D eigenvalue weighted by atomic mass is 10.1. The quantitative estimate of drug-likeness (QED) is 0.340. The molecule has 32 heavy (non-hydrogen) atoms. The van der Waals surface area contributed by atoms with E-state index in [0.29, 0.717) is 23.6 Å². The Hall–Kier alpha value is -4.57. The van der Waals surface area contributed by atoms with Crippen LogP contribution in [-0.2, 0) is 11.3 Å². The number of benzene rings is 2. The van der Waals surface area contributed by atoms with Gasteiger partial charge in [0.15, 0.2) is 0 Å². The van der Waals surface area contributed by atoms with Gasteiger partial charge in [0.2, 0.25) is 5.76 Å². The molecular weight excluding hydrogens is 406 g/mol. The van der Waals surface area contributed by atoms with Gasteiger partial charge >= 0.3 is 5.97 Å². The van der Waals surface area contributed by atoms with Gasteiger partial charge in [-0.05, 0) is 48.9 Å². The van der Waals surface area contributed by atoms with Crippen molar-refractivity contribution in [3.05, 3.63) is 95.1 Å². The number of nitrogens with zero attached hydrogens (tertiary/aromatic N) is 2. The first-order valence-electron chi connectivity index (χ1n) is 9.84. The molecule has 2 aromatic carbocycles. The molecule has 0 aliphatic carbocycles. The Labute approximate surface area is 183 Å². The molecule has 0 aliphatic rings. The number of nitriles is 1. The van der Waals surface area contributed by atoms with E-state index in [1.165, 1.54) is 6.07 Å². The number of hydrogen-bond acceptors (Lipinski definition) is 4. The predicted octanol–water partition coefficient (Wildman–Crippen LogP) is 4.83. The standard InChI is InChI=1S/C25H19N3O4/c1-16-5-4-6-19(11-16)27-24(29)17(13-26)12-18-14-28(22-8-3-2-7-21(18)22)15-20-9-10-23(32-20)25(30)31/h2-12,14H,15H2,1H3,(H,27,29)(H,30,31)/b17-12-. The number of aryl methyl sites for hydroxylation is 1. The SMILES string of the molecule is Cc1cccc(NC(=O)/C(C#N)=C\c2cn(Cc3ccc(C(=O)O)o3)c3ccccc23)c1. The fourth-order valence-electron chi connectivity index (χ4n) is 3.49. The molecule has 2 heterocycles. The average molecular weight is 425 g/mol. The summed E-state index contributed by atoms with van der Waals surface area (Å²) in [6, 6.07) is 19.9. The van der Waals surface area contributed by atoms with Crippen molar-refractivity contribution in [2.75, 3.05) is 5.32 Å². The number of hydrogen-bond donors (Lipinski definition) is 2. The molecule has 4 aromatic rings. The number of anilines is 1. The molecule has 0 saturated carbocycles. The number of amides is 1. The van der Waals surface area contributed by atoms with Crippen LogP contribution < -0.4 is 5.32 Å². The van der Waals surface area contributed by atoms with Crippen LogP contribution in [0, 0.1) is 18.3 Å².